The Bertz CT molecular complexity index is 955. The Balaban J connectivity index is 1.24. The fraction of sp³-hybridized carbons (Fsp3) is 0.360. The van der Waals surface area contributed by atoms with Gasteiger partial charge in [0, 0.05) is 24.2 Å². The number of likely N-dealkylation sites (tertiary alicyclic amines) is 1. The molecular formula is C25H28N2O2. The van der Waals surface area contributed by atoms with Crippen LogP contribution in [-0.4, -0.2) is 34.2 Å². The maximum Gasteiger partial charge on any atom is 0.141 e. The normalized spacial score (nSPS) is 19.8. The molecule has 2 aliphatic heterocycles. The minimum absolute atomic E-state index is 0.132. The molecule has 0 radical (unpaired) electrons. The monoisotopic (exact) mass is 388 g/mol. The van der Waals surface area contributed by atoms with Gasteiger partial charge in [-0.05, 0) is 68.2 Å². The average Bonchev–Trinajstić information content (AvgIpc) is 3.15. The van der Waals surface area contributed by atoms with Crippen LogP contribution in [0.3, 0.4) is 0 Å². The van der Waals surface area contributed by atoms with Crippen molar-refractivity contribution in [3.63, 3.8) is 0 Å². The zero-order valence-electron chi connectivity index (χ0n) is 16.7. The Morgan fingerprint density at radius 2 is 1.72 bits per heavy atom. The summed E-state index contributed by atoms with van der Waals surface area (Å²) >= 11 is 0. The maximum absolute atomic E-state index is 9.44. The third-order valence-electron chi connectivity index (χ3n) is 6.44. The smallest absolute Gasteiger partial charge is 0.141 e. The van der Waals surface area contributed by atoms with E-state index in [1.54, 1.807) is 12.1 Å². The minimum Gasteiger partial charge on any atom is -0.508 e. The summed E-state index contributed by atoms with van der Waals surface area (Å²) in [5.41, 5.74) is 3.86. The number of hydrogen-bond donors (Lipinski definition) is 1. The van der Waals surface area contributed by atoms with Gasteiger partial charge in [-0.3, -0.25) is 0 Å². The first kappa shape index (κ1) is 18.3. The fourth-order valence-corrected chi connectivity index (χ4v) is 4.73. The molecule has 0 saturated carbocycles. The molecule has 0 amide bonds. The van der Waals surface area contributed by atoms with Crippen LogP contribution in [0.25, 0.3) is 0 Å². The molecule has 29 heavy (non-hydrogen) atoms. The van der Waals surface area contributed by atoms with E-state index in [-0.39, 0.29) is 6.10 Å². The quantitative estimate of drug-likeness (QED) is 0.708. The van der Waals surface area contributed by atoms with Crippen molar-refractivity contribution in [1.82, 2.24) is 9.47 Å². The molecule has 3 aromatic rings. The third kappa shape index (κ3) is 3.90. The first-order chi connectivity index (χ1) is 14.3. The molecule has 2 aliphatic rings. The molecule has 0 spiro atoms. The van der Waals surface area contributed by atoms with Gasteiger partial charge in [-0.2, -0.15) is 0 Å². The number of rotatable bonds is 4. The summed E-state index contributed by atoms with van der Waals surface area (Å²) in [5.74, 6) is 1.92. The number of fused-ring (bicyclic) bond motifs is 2. The molecule has 1 atom stereocenters. The summed E-state index contributed by atoms with van der Waals surface area (Å²) < 4.78 is 8.95. The SMILES string of the molecule is Oc1ccc(CCN2CCC(C3Oc4ccccc4Cn4cccc43)CC2)cc1. The second-order valence-electron chi connectivity index (χ2n) is 8.30. The highest BCUT2D eigenvalue weighted by Crippen LogP contribution is 2.38. The van der Waals surface area contributed by atoms with E-state index in [0.717, 1.165) is 51.2 Å². The summed E-state index contributed by atoms with van der Waals surface area (Å²) in [4.78, 5) is 2.56. The number of para-hydroxylation sites is 1. The first-order valence-electron chi connectivity index (χ1n) is 10.7. The van der Waals surface area contributed by atoms with E-state index in [9.17, 15) is 5.11 Å². The molecule has 3 heterocycles. The molecule has 1 N–H and O–H groups in total. The summed E-state index contributed by atoms with van der Waals surface area (Å²) in [5, 5.41) is 9.44. The van der Waals surface area contributed by atoms with Crippen molar-refractivity contribution in [1.29, 1.82) is 0 Å². The number of benzene rings is 2. The number of hydrogen-bond acceptors (Lipinski definition) is 3. The van der Waals surface area contributed by atoms with Crippen LogP contribution in [0, 0.1) is 5.92 Å². The van der Waals surface area contributed by atoms with Crippen LogP contribution in [-0.2, 0) is 13.0 Å². The van der Waals surface area contributed by atoms with Gasteiger partial charge in [-0.25, -0.2) is 0 Å². The van der Waals surface area contributed by atoms with Gasteiger partial charge in [0.25, 0.3) is 0 Å². The summed E-state index contributed by atoms with van der Waals surface area (Å²) in [6.07, 6.45) is 5.66. The van der Waals surface area contributed by atoms with Crippen LogP contribution in [0.2, 0.25) is 0 Å². The molecule has 1 fully saturated rings. The first-order valence-corrected chi connectivity index (χ1v) is 10.7. The predicted octanol–water partition coefficient (Wildman–Crippen LogP) is 4.63. The highest BCUT2D eigenvalue weighted by atomic mass is 16.5. The van der Waals surface area contributed by atoms with Crippen molar-refractivity contribution >= 4 is 0 Å². The lowest BCUT2D eigenvalue weighted by Gasteiger charge is -2.36. The highest BCUT2D eigenvalue weighted by molar-refractivity contribution is 5.36. The second kappa shape index (κ2) is 7.96. The highest BCUT2D eigenvalue weighted by Gasteiger charge is 2.32. The van der Waals surface area contributed by atoms with Crippen LogP contribution in [0.15, 0.2) is 66.9 Å². The Hall–Kier alpha value is -2.72. The minimum atomic E-state index is 0.132. The van der Waals surface area contributed by atoms with Gasteiger partial charge < -0.3 is 19.3 Å². The van der Waals surface area contributed by atoms with E-state index in [0.29, 0.717) is 11.7 Å². The molecule has 4 heteroatoms. The van der Waals surface area contributed by atoms with E-state index >= 15 is 0 Å². The van der Waals surface area contributed by atoms with Gasteiger partial charge in [0.1, 0.15) is 17.6 Å². The molecule has 1 saturated heterocycles. The summed E-state index contributed by atoms with van der Waals surface area (Å²) in [6, 6.07) is 20.4. The van der Waals surface area contributed by atoms with Gasteiger partial charge >= 0.3 is 0 Å². The number of phenols is 1. The Kier molecular flexibility index (Phi) is 5.03. The van der Waals surface area contributed by atoms with Crippen LogP contribution in [0.5, 0.6) is 11.5 Å². The van der Waals surface area contributed by atoms with Crippen molar-refractivity contribution in [2.75, 3.05) is 19.6 Å². The van der Waals surface area contributed by atoms with Crippen molar-refractivity contribution in [2.45, 2.75) is 31.9 Å². The number of phenolic OH excluding ortho intramolecular Hbond substituents is 1. The zero-order valence-corrected chi connectivity index (χ0v) is 16.7. The van der Waals surface area contributed by atoms with Crippen molar-refractivity contribution in [3.8, 4) is 11.5 Å². The molecule has 0 bridgehead atoms. The standard InChI is InChI=1S/C25H28N2O2/c28-22-9-7-19(8-10-22)11-15-26-16-12-20(13-17-26)25-23-5-3-14-27(23)18-21-4-1-2-6-24(21)29-25/h1-10,14,20,25,28H,11-13,15-18H2. The Morgan fingerprint density at radius 1 is 0.931 bits per heavy atom. The van der Waals surface area contributed by atoms with Crippen LogP contribution >= 0.6 is 0 Å². The van der Waals surface area contributed by atoms with Crippen molar-refractivity contribution in [3.05, 3.63) is 83.7 Å². The fourth-order valence-electron chi connectivity index (χ4n) is 4.73. The van der Waals surface area contributed by atoms with Crippen molar-refractivity contribution in [2.24, 2.45) is 5.92 Å². The molecule has 1 aromatic heterocycles. The number of piperidine rings is 1. The van der Waals surface area contributed by atoms with Gasteiger partial charge in [-0.15, -0.1) is 0 Å². The number of aromatic nitrogens is 1. The van der Waals surface area contributed by atoms with Gasteiger partial charge in [0.05, 0.1) is 12.2 Å². The van der Waals surface area contributed by atoms with E-state index < -0.39 is 0 Å². The van der Waals surface area contributed by atoms with E-state index in [1.165, 1.54) is 16.8 Å². The van der Waals surface area contributed by atoms with Crippen LogP contribution in [0.4, 0.5) is 0 Å². The molecule has 1 unspecified atom stereocenters. The number of aromatic hydroxyl groups is 1. The molecule has 5 rings (SSSR count). The average molecular weight is 389 g/mol. The molecular weight excluding hydrogens is 360 g/mol. The Labute approximate surface area is 172 Å². The lowest BCUT2D eigenvalue weighted by molar-refractivity contribution is 0.0745. The second-order valence-corrected chi connectivity index (χ2v) is 8.30. The van der Waals surface area contributed by atoms with E-state index in [4.69, 9.17) is 4.74 Å². The summed E-state index contributed by atoms with van der Waals surface area (Å²) in [6.45, 7) is 4.19. The van der Waals surface area contributed by atoms with Crippen LogP contribution in [0.1, 0.15) is 35.8 Å². The van der Waals surface area contributed by atoms with Crippen molar-refractivity contribution < 1.29 is 9.84 Å². The van der Waals surface area contributed by atoms with Gasteiger partial charge in [0.15, 0.2) is 0 Å². The molecule has 4 nitrogen and oxygen atoms in total. The molecule has 0 aliphatic carbocycles. The third-order valence-corrected chi connectivity index (χ3v) is 6.44. The molecule has 2 aromatic carbocycles. The zero-order chi connectivity index (χ0) is 19.6. The van der Waals surface area contributed by atoms with Crippen LogP contribution < -0.4 is 4.74 Å². The summed E-state index contributed by atoms with van der Waals surface area (Å²) in [7, 11) is 0. The number of ether oxygens (including phenoxy) is 1. The number of nitrogens with zero attached hydrogens (tertiary/aromatic N) is 2. The maximum atomic E-state index is 9.44. The predicted molar refractivity (Wildman–Crippen MR) is 114 cm³/mol. The topological polar surface area (TPSA) is 37.6 Å². The molecule has 150 valence electrons. The van der Waals surface area contributed by atoms with E-state index in [1.807, 2.05) is 12.1 Å². The lowest BCUT2D eigenvalue weighted by Crippen LogP contribution is -2.38. The lowest BCUT2D eigenvalue weighted by atomic mass is 9.89. The van der Waals surface area contributed by atoms with E-state index in [2.05, 4.69) is 52.1 Å². The Morgan fingerprint density at radius 3 is 2.55 bits per heavy atom. The largest absolute Gasteiger partial charge is 0.508 e. The van der Waals surface area contributed by atoms with Gasteiger partial charge in [-0.1, -0.05) is 30.3 Å². The van der Waals surface area contributed by atoms with Gasteiger partial charge in [0.2, 0.25) is 0 Å².